The van der Waals surface area contributed by atoms with Crippen molar-refractivity contribution in [2.75, 3.05) is 45.2 Å². The van der Waals surface area contributed by atoms with Crippen LogP contribution in [0.2, 0.25) is 0 Å². The molecule has 4 rings (SSSR count). The van der Waals surface area contributed by atoms with Gasteiger partial charge in [-0.2, -0.15) is 0 Å². The van der Waals surface area contributed by atoms with Crippen LogP contribution >= 0.6 is 0 Å². The number of aromatic nitrogens is 3. The number of ether oxygens (including phenoxy) is 1. The molecule has 0 bridgehead atoms. The van der Waals surface area contributed by atoms with Crippen molar-refractivity contribution in [3.63, 3.8) is 0 Å². The zero-order valence-corrected chi connectivity index (χ0v) is 18.3. The largest absolute Gasteiger partial charge is 0.497 e. The van der Waals surface area contributed by atoms with E-state index in [1.54, 1.807) is 13.3 Å². The maximum absolute atomic E-state index is 5.25. The van der Waals surface area contributed by atoms with Gasteiger partial charge in [0.15, 0.2) is 5.96 Å². The first-order valence-corrected chi connectivity index (χ1v) is 10.5. The number of benzene rings is 1. The van der Waals surface area contributed by atoms with Gasteiger partial charge in [-0.25, -0.2) is 9.97 Å². The highest BCUT2D eigenvalue weighted by atomic mass is 16.5. The van der Waals surface area contributed by atoms with Gasteiger partial charge in [-0.15, -0.1) is 0 Å². The topological polar surface area (TPSA) is 70.8 Å². The quantitative estimate of drug-likeness (QED) is 0.506. The van der Waals surface area contributed by atoms with Crippen molar-refractivity contribution in [1.29, 1.82) is 0 Å². The maximum atomic E-state index is 5.25. The molecule has 1 saturated heterocycles. The zero-order chi connectivity index (χ0) is 21.6. The second kappa shape index (κ2) is 9.51. The van der Waals surface area contributed by atoms with E-state index in [2.05, 4.69) is 48.3 Å². The molecule has 1 aromatic carbocycles. The van der Waals surface area contributed by atoms with E-state index in [1.807, 2.05) is 49.1 Å². The van der Waals surface area contributed by atoms with Gasteiger partial charge in [0.25, 0.3) is 0 Å². The minimum Gasteiger partial charge on any atom is -0.497 e. The van der Waals surface area contributed by atoms with Crippen molar-refractivity contribution in [3.8, 4) is 11.6 Å². The van der Waals surface area contributed by atoms with Gasteiger partial charge in [0.05, 0.1) is 7.11 Å². The molecule has 0 saturated carbocycles. The van der Waals surface area contributed by atoms with Crippen LogP contribution in [0.15, 0.2) is 60.0 Å². The average Bonchev–Trinajstić information content (AvgIpc) is 3.26. The Hall–Kier alpha value is -3.55. The highest BCUT2D eigenvalue weighted by Crippen LogP contribution is 2.20. The number of imidazole rings is 1. The van der Waals surface area contributed by atoms with Crippen LogP contribution in [0.4, 0.5) is 5.69 Å². The summed E-state index contributed by atoms with van der Waals surface area (Å²) in [6.45, 7) is 6.39. The van der Waals surface area contributed by atoms with Gasteiger partial charge in [-0.1, -0.05) is 6.07 Å². The molecular weight excluding hydrogens is 390 g/mol. The summed E-state index contributed by atoms with van der Waals surface area (Å²) in [6.07, 6.45) is 5.60. The van der Waals surface area contributed by atoms with E-state index in [9.17, 15) is 0 Å². The molecule has 0 aliphatic carbocycles. The monoisotopic (exact) mass is 419 g/mol. The van der Waals surface area contributed by atoms with Crippen LogP contribution in [-0.2, 0) is 6.54 Å². The fourth-order valence-corrected chi connectivity index (χ4v) is 3.77. The number of methoxy groups -OCH3 is 1. The number of aryl methyl sites for hydroxylation is 1. The Bertz CT molecular complexity index is 1000. The summed E-state index contributed by atoms with van der Waals surface area (Å²) in [5.41, 5.74) is 2.34. The van der Waals surface area contributed by atoms with E-state index < -0.39 is 0 Å². The molecule has 3 heterocycles. The lowest BCUT2D eigenvalue weighted by atomic mass is 10.2. The van der Waals surface area contributed by atoms with Crippen LogP contribution in [-0.4, -0.2) is 65.7 Å². The minimum atomic E-state index is 0.682. The molecule has 1 N–H and O–H groups in total. The average molecular weight is 420 g/mol. The number of hydrogen-bond acceptors (Lipinski definition) is 5. The second-order valence-corrected chi connectivity index (χ2v) is 7.44. The van der Waals surface area contributed by atoms with E-state index in [0.29, 0.717) is 6.54 Å². The second-order valence-electron chi connectivity index (χ2n) is 7.44. The summed E-state index contributed by atoms with van der Waals surface area (Å²) in [4.78, 5) is 18.0. The van der Waals surface area contributed by atoms with E-state index in [4.69, 9.17) is 4.74 Å². The van der Waals surface area contributed by atoms with Crippen LogP contribution in [0.25, 0.3) is 5.82 Å². The Morgan fingerprint density at radius 1 is 1.06 bits per heavy atom. The number of aliphatic imine (C=N–C) groups is 1. The van der Waals surface area contributed by atoms with E-state index in [0.717, 1.165) is 55.1 Å². The lowest BCUT2D eigenvalue weighted by Gasteiger charge is -2.37. The Balaban J connectivity index is 1.30. The minimum absolute atomic E-state index is 0.682. The molecule has 31 heavy (non-hydrogen) atoms. The van der Waals surface area contributed by atoms with E-state index in [1.165, 1.54) is 5.69 Å². The number of nitrogens with zero attached hydrogens (tertiary/aromatic N) is 6. The molecule has 0 unspecified atom stereocenters. The van der Waals surface area contributed by atoms with Gasteiger partial charge in [0.1, 0.15) is 17.4 Å². The number of nitrogens with one attached hydrogen (secondary N) is 1. The highest BCUT2D eigenvalue weighted by Gasteiger charge is 2.19. The smallest absolute Gasteiger partial charge is 0.194 e. The molecule has 0 atom stereocenters. The van der Waals surface area contributed by atoms with Gasteiger partial charge in [-0.3, -0.25) is 9.56 Å². The number of hydrogen-bond donors (Lipinski definition) is 1. The third kappa shape index (κ3) is 4.79. The van der Waals surface area contributed by atoms with Crippen molar-refractivity contribution in [2.45, 2.75) is 13.5 Å². The third-order valence-electron chi connectivity index (χ3n) is 5.56. The summed E-state index contributed by atoms with van der Waals surface area (Å²) >= 11 is 0. The Morgan fingerprint density at radius 3 is 2.42 bits per heavy atom. The van der Waals surface area contributed by atoms with Crippen LogP contribution in [0.5, 0.6) is 5.75 Å². The fraction of sp³-hybridized carbons (Fsp3) is 0.348. The molecule has 1 aliphatic heterocycles. The Morgan fingerprint density at radius 2 is 1.84 bits per heavy atom. The van der Waals surface area contributed by atoms with Crippen molar-refractivity contribution < 1.29 is 4.74 Å². The molecule has 8 nitrogen and oxygen atoms in total. The fourth-order valence-electron chi connectivity index (χ4n) is 3.77. The molecule has 2 aromatic heterocycles. The SMILES string of the molecule is CN=C(NCc1ccc(-n2ccnc2C)nc1)N1CCN(c2ccc(OC)cc2)CC1. The predicted molar refractivity (Wildman–Crippen MR) is 123 cm³/mol. The number of pyridine rings is 1. The van der Waals surface area contributed by atoms with Crippen molar-refractivity contribution in [3.05, 3.63) is 66.4 Å². The molecular formula is C23H29N7O. The van der Waals surface area contributed by atoms with Crippen molar-refractivity contribution >= 4 is 11.6 Å². The first kappa shape index (κ1) is 20.7. The lowest BCUT2D eigenvalue weighted by Crippen LogP contribution is -2.52. The molecule has 0 radical (unpaired) electrons. The third-order valence-corrected chi connectivity index (χ3v) is 5.56. The molecule has 162 valence electrons. The van der Waals surface area contributed by atoms with Gasteiger partial charge < -0.3 is 19.9 Å². The number of piperazine rings is 1. The molecule has 3 aromatic rings. The van der Waals surface area contributed by atoms with Gasteiger partial charge in [-0.05, 0) is 42.8 Å². The first-order valence-electron chi connectivity index (χ1n) is 10.5. The Kier molecular flexibility index (Phi) is 6.35. The maximum Gasteiger partial charge on any atom is 0.194 e. The number of rotatable bonds is 5. The summed E-state index contributed by atoms with van der Waals surface area (Å²) in [5.74, 6) is 3.60. The molecule has 0 spiro atoms. The zero-order valence-electron chi connectivity index (χ0n) is 18.3. The standard InChI is InChI=1S/C23H29N7O/c1-18-25-10-11-30(18)22-9-4-19(16-26-22)17-27-23(24-2)29-14-12-28(13-15-29)20-5-7-21(31-3)8-6-20/h4-11,16H,12-15,17H2,1-3H3,(H,24,27). The molecule has 8 heteroatoms. The van der Waals surface area contributed by atoms with Crippen molar-refractivity contribution in [2.24, 2.45) is 4.99 Å². The Labute approximate surface area is 183 Å². The molecule has 0 amide bonds. The number of anilines is 1. The first-order chi connectivity index (χ1) is 15.2. The lowest BCUT2D eigenvalue weighted by molar-refractivity contribution is 0.372. The van der Waals surface area contributed by atoms with E-state index in [-0.39, 0.29) is 0 Å². The van der Waals surface area contributed by atoms with Crippen LogP contribution < -0.4 is 15.0 Å². The summed E-state index contributed by atoms with van der Waals surface area (Å²) in [6, 6.07) is 12.4. The van der Waals surface area contributed by atoms with E-state index >= 15 is 0 Å². The summed E-state index contributed by atoms with van der Waals surface area (Å²) in [5, 5.41) is 3.47. The van der Waals surface area contributed by atoms with Crippen LogP contribution in [0.1, 0.15) is 11.4 Å². The molecule has 1 aliphatic rings. The summed E-state index contributed by atoms with van der Waals surface area (Å²) < 4.78 is 7.22. The van der Waals surface area contributed by atoms with Gasteiger partial charge >= 0.3 is 0 Å². The normalized spacial score (nSPS) is 14.6. The summed E-state index contributed by atoms with van der Waals surface area (Å²) in [7, 11) is 3.53. The van der Waals surface area contributed by atoms with Gasteiger partial charge in [0.2, 0.25) is 0 Å². The van der Waals surface area contributed by atoms with Gasteiger partial charge in [0, 0.05) is 64.0 Å². The van der Waals surface area contributed by atoms with Crippen LogP contribution in [0, 0.1) is 6.92 Å². The highest BCUT2D eigenvalue weighted by molar-refractivity contribution is 5.80. The number of guanidine groups is 1. The van der Waals surface area contributed by atoms with Crippen molar-refractivity contribution in [1.82, 2.24) is 24.8 Å². The predicted octanol–water partition coefficient (Wildman–Crippen LogP) is 2.48. The van der Waals surface area contributed by atoms with Crippen LogP contribution in [0.3, 0.4) is 0 Å². The molecule has 1 fully saturated rings.